The lowest BCUT2D eigenvalue weighted by atomic mass is 10.0. The zero-order valence-electron chi connectivity index (χ0n) is 14.3. The summed E-state index contributed by atoms with van der Waals surface area (Å²) in [5.74, 6) is -0.334. The number of halogens is 1. The number of ether oxygens (including phenoxy) is 1. The minimum Gasteiger partial charge on any atom is -0.465 e. The van der Waals surface area contributed by atoms with Gasteiger partial charge in [-0.15, -0.1) is 11.3 Å². The highest BCUT2D eigenvalue weighted by molar-refractivity contribution is 14.1. The van der Waals surface area contributed by atoms with Crippen LogP contribution in [0.2, 0.25) is 0 Å². The van der Waals surface area contributed by atoms with E-state index in [-0.39, 0.29) is 5.97 Å². The molecule has 1 saturated carbocycles. The van der Waals surface area contributed by atoms with Gasteiger partial charge in [0.15, 0.2) is 0 Å². The molecular weight excluding hydrogens is 433 g/mol. The standard InChI is InChI=1S/C14H11NO2S.C4H8.CH3I/c1-9-3-4-10(7-11(9)8-15)12-5-6-13(18-12)14(16)17-2;1-2-4-3-1;1-2/h3-7H,1-2H3;1-4H2;1H3. The second-order valence-electron chi connectivity index (χ2n) is 5.21. The fraction of sp³-hybridized carbons (Fsp3) is 0.368. The molecule has 1 fully saturated rings. The van der Waals surface area contributed by atoms with E-state index in [4.69, 9.17) is 5.26 Å². The van der Waals surface area contributed by atoms with Crippen LogP contribution in [-0.2, 0) is 4.74 Å². The maximum atomic E-state index is 11.4. The number of methoxy groups -OCH3 is 1. The number of aryl methyl sites for hydroxylation is 1. The van der Waals surface area contributed by atoms with E-state index in [2.05, 4.69) is 33.4 Å². The quantitative estimate of drug-likeness (QED) is 0.317. The van der Waals surface area contributed by atoms with Gasteiger partial charge in [0.2, 0.25) is 0 Å². The van der Waals surface area contributed by atoms with Crippen LogP contribution in [0.5, 0.6) is 0 Å². The van der Waals surface area contributed by atoms with Crippen LogP contribution in [0.25, 0.3) is 10.4 Å². The molecule has 0 spiro atoms. The molecule has 0 N–H and O–H groups in total. The van der Waals surface area contributed by atoms with Crippen molar-refractivity contribution in [2.75, 3.05) is 12.0 Å². The van der Waals surface area contributed by atoms with Gasteiger partial charge < -0.3 is 4.74 Å². The molecule has 1 heterocycles. The smallest absolute Gasteiger partial charge is 0.348 e. The number of alkyl halides is 1. The van der Waals surface area contributed by atoms with Crippen molar-refractivity contribution in [2.24, 2.45) is 0 Å². The highest BCUT2D eigenvalue weighted by Crippen LogP contribution is 2.29. The van der Waals surface area contributed by atoms with E-state index in [1.165, 1.54) is 44.1 Å². The number of hydrogen-bond acceptors (Lipinski definition) is 4. The summed E-state index contributed by atoms with van der Waals surface area (Å²) in [6, 6.07) is 11.4. The Labute approximate surface area is 161 Å². The minimum atomic E-state index is -0.334. The van der Waals surface area contributed by atoms with Gasteiger partial charge in [0, 0.05) is 4.88 Å². The van der Waals surface area contributed by atoms with Crippen LogP contribution in [0.1, 0.15) is 46.5 Å². The van der Waals surface area contributed by atoms with Gasteiger partial charge in [-0.2, -0.15) is 5.26 Å². The lowest BCUT2D eigenvalue weighted by molar-refractivity contribution is 0.0606. The summed E-state index contributed by atoms with van der Waals surface area (Å²) >= 11 is 3.51. The number of esters is 1. The Kier molecular flexibility index (Phi) is 9.65. The van der Waals surface area contributed by atoms with Crippen LogP contribution in [0, 0.1) is 18.3 Å². The van der Waals surface area contributed by atoms with Crippen LogP contribution in [0.4, 0.5) is 0 Å². The zero-order chi connectivity index (χ0) is 17.9. The molecule has 3 rings (SSSR count). The largest absolute Gasteiger partial charge is 0.465 e. The highest BCUT2D eigenvalue weighted by Gasteiger charge is 2.10. The summed E-state index contributed by atoms with van der Waals surface area (Å²) in [5, 5.41) is 9.00. The Hall–Kier alpha value is -1.39. The molecular formula is C19H22INO2S. The van der Waals surface area contributed by atoms with Crippen molar-refractivity contribution >= 4 is 39.9 Å². The van der Waals surface area contributed by atoms with Crippen molar-refractivity contribution in [1.29, 1.82) is 5.26 Å². The van der Waals surface area contributed by atoms with Crippen LogP contribution < -0.4 is 0 Å². The van der Waals surface area contributed by atoms with E-state index in [0.29, 0.717) is 10.4 Å². The summed E-state index contributed by atoms with van der Waals surface area (Å²) in [6.07, 6.45) is 6.00. The topological polar surface area (TPSA) is 50.1 Å². The molecule has 0 unspecified atom stereocenters. The predicted octanol–water partition coefficient (Wildman–Crippen LogP) is 5.99. The summed E-state index contributed by atoms with van der Waals surface area (Å²) < 4.78 is 4.67. The maximum Gasteiger partial charge on any atom is 0.348 e. The number of rotatable bonds is 2. The molecule has 0 bridgehead atoms. The van der Waals surface area contributed by atoms with Crippen molar-refractivity contribution < 1.29 is 9.53 Å². The average molecular weight is 455 g/mol. The number of nitrogens with zero attached hydrogens (tertiary/aromatic N) is 1. The first kappa shape index (κ1) is 20.7. The second-order valence-corrected chi connectivity index (χ2v) is 6.29. The Bertz CT molecular complexity index is 696. The summed E-state index contributed by atoms with van der Waals surface area (Å²) in [6.45, 7) is 1.90. The maximum absolute atomic E-state index is 11.4. The van der Waals surface area contributed by atoms with Gasteiger partial charge >= 0.3 is 5.97 Å². The van der Waals surface area contributed by atoms with E-state index < -0.39 is 0 Å². The fourth-order valence-electron chi connectivity index (χ4n) is 1.85. The van der Waals surface area contributed by atoms with Crippen molar-refractivity contribution in [3.8, 4) is 16.5 Å². The molecule has 0 atom stereocenters. The number of nitriles is 1. The molecule has 1 aliphatic rings. The third-order valence-electron chi connectivity index (χ3n) is 3.64. The summed E-state index contributed by atoms with van der Waals surface area (Å²) in [4.78, 5) is 14.9. The third kappa shape index (κ3) is 5.91. The molecule has 0 saturated heterocycles. The SMILES string of the molecule is C1CCC1.CI.COC(=O)c1ccc(-c2ccc(C)c(C#N)c2)s1. The first-order valence-corrected chi connectivity index (χ1v) is 10.7. The average Bonchev–Trinajstić information content (AvgIpc) is 3.05. The molecule has 1 aromatic heterocycles. The van der Waals surface area contributed by atoms with Crippen molar-refractivity contribution in [1.82, 2.24) is 0 Å². The fourth-order valence-corrected chi connectivity index (χ4v) is 2.77. The molecule has 0 amide bonds. The number of benzene rings is 1. The van der Waals surface area contributed by atoms with Crippen molar-refractivity contribution in [3.05, 3.63) is 46.3 Å². The third-order valence-corrected chi connectivity index (χ3v) is 4.75. The molecule has 2 aromatic rings. The van der Waals surface area contributed by atoms with E-state index in [1.807, 2.05) is 36.1 Å². The van der Waals surface area contributed by atoms with Gasteiger partial charge in [-0.1, -0.05) is 60.4 Å². The van der Waals surface area contributed by atoms with Crippen LogP contribution in [-0.4, -0.2) is 18.0 Å². The van der Waals surface area contributed by atoms with Crippen molar-refractivity contribution in [3.63, 3.8) is 0 Å². The Morgan fingerprint density at radius 1 is 1.17 bits per heavy atom. The molecule has 0 radical (unpaired) electrons. The Morgan fingerprint density at radius 3 is 2.29 bits per heavy atom. The lowest BCUT2D eigenvalue weighted by Crippen LogP contribution is -1.96. The lowest BCUT2D eigenvalue weighted by Gasteiger charge is -2.05. The van der Waals surface area contributed by atoms with Gasteiger partial charge in [-0.25, -0.2) is 4.79 Å². The molecule has 5 heteroatoms. The minimum absolute atomic E-state index is 0.334. The molecule has 0 aliphatic heterocycles. The van der Waals surface area contributed by atoms with Crippen molar-refractivity contribution in [2.45, 2.75) is 32.6 Å². The normalized spacial score (nSPS) is 11.6. The van der Waals surface area contributed by atoms with E-state index in [1.54, 1.807) is 6.07 Å². The van der Waals surface area contributed by atoms with Gasteiger partial charge in [0.05, 0.1) is 18.7 Å². The van der Waals surface area contributed by atoms with Gasteiger partial charge in [-0.05, 0) is 41.2 Å². The monoisotopic (exact) mass is 455 g/mol. The van der Waals surface area contributed by atoms with Gasteiger partial charge in [-0.3, -0.25) is 0 Å². The van der Waals surface area contributed by atoms with E-state index in [0.717, 1.165) is 16.0 Å². The van der Waals surface area contributed by atoms with E-state index in [9.17, 15) is 4.79 Å². The van der Waals surface area contributed by atoms with Gasteiger partial charge in [0.25, 0.3) is 0 Å². The number of hydrogen-bond donors (Lipinski definition) is 0. The van der Waals surface area contributed by atoms with Crippen LogP contribution >= 0.6 is 33.9 Å². The first-order valence-electron chi connectivity index (χ1n) is 7.73. The molecule has 1 aliphatic carbocycles. The highest BCUT2D eigenvalue weighted by atomic mass is 127. The number of carbonyl (C=O) groups is 1. The zero-order valence-corrected chi connectivity index (χ0v) is 17.2. The van der Waals surface area contributed by atoms with Gasteiger partial charge in [0.1, 0.15) is 4.88 Å². The Morgan fingerprint density at radius 2 is 1.79 bits per heavy atom. The molecule has 3 nitrogen and oxygen atoms in total. The van der Waals surface area contributed by atoms with Crippen LogP contribution in [0.3, 0.4) is 0 Å². The predicted molar refractivity (Wildman–Crippen MR) is 109 cm³/mol. The number of carbonyl (C=O) groups excluding carboxylic acids is 1. The Balaban J connectivity index is 0.000000409. The van der Waals surface area contributed by atoms with E-state index >= 15 is 0 Å². The second kappa shape index (κ2) is 11.2. The van der Waals surface area contributed by atoms with Crippen LogP contribution in [0.15, 0.2) is 30.3 Å². The first-order chi connectivity index (χ1) is 11.7. The summed E-state index contributed by atoms with van der Waals surface area (Å²) in [7, 11) is 1.36. The number of thiophene rings is 1. The molecule has 1 aromatic carbocycles. The molecule has 128 valence electrons. The molecule has 24 heavy (non-hydrogen) atoms. The summed E-state index contributed by atoms with van der Waals surface area (Å²) in [5.41, 5.74) is 2.55.